The van der Waals surface area contributed by atoms with Crippen molar-refractivity contribution in [2.45, 2.75) is 206 Å². The number of hydrogen-bond acceptors (Lipinski definition) is 8. The molecule has 0 fully saturated rings. The highest BCUT2D eigenvalue weighted by atomic mass is 16.7. The third-order valence-electron chi connectivity index (χ3n) is 11.8. The summed E-state index contributed by atoms with van der Waals surface area (Å²) < 4.78 is 22.6. The largest absolute Gasteiger partial charge is 0.545 e. The molecule has 0 rings (SSSR count). The number of likely N-dealkylation sites (N-methyl/N-ethyl adjacent to an activating group) is 1. The van der Waals surface area contributed by atoms with Crippen LogP contribution in [0.4, 0.5) is 0 Å². The first-order chi connectivity index (χ1) is 37.6. The molecule has 0 saturated carbocycles. The van der Waals surface area contributed by atoms with Gasteiger partial charge in [0.1, 0.15) is 13.2 Å². The first-order valence-electron chi connectivity index (χ1n) is 29.6. The molecule has 0 aliphatic heterocycles. The minimum atomic E-state index is -1.64. The summed E-state index contributed by atoms with van der Waals surface area (Å²) >= 11 is 0. The first kappa shape index (κ1) is 71.9. The maximum atomic E-state index is 12.9. The number of quaternary nitrogens is 1. The highest BCUT2D eigenvalue weighted by molar-refractivity contribution is 5.70. The van der Waals surface area contributed by atoms with Crippen molar-refractivity contribution in [2.24, 2.45) is 0 Å². The number of aliphatic carboxylic acids is 1. The number of unbranched alkanes of at least 4 members (excludes halogenated alkanes) is 11. The molecule has 2 unspecified atom stereocenters. The van der Waals surface area contributed by atoms with Crippen molar-refractivity contribution in [1.82, 2.24) is 0 Å². The fourth-order valence-corrected chi connectivity index (χ4v) is 7.28. The Kier molecular flexibility index (Phi) is 53.3. The molecule has 0 aliphatic carbocycles. The van der Waals surface area contributed by atoms with Crippen molar-refractivity contribution in [3.05, 3.63) is 158 Å². The number of carboxylic acid groups (broad SMARTS) is 1. The molecule has 0 aliphatic rings. The molecule has 0 radical (unpaired) electrons. The Balaban J connectivity index is 4.24. The van der Waals surface area contributed by atoms with Crippen LogP contribution in [-0.4, -0.2) is 82.3 Å². The average Bonchev–Trinajstić information content (AvgIpc) is 3.40. The number of ether oxygens (including phenoxy) is 4. The highest BCUT2D eigenvalue weighted by Gasteiger charge is 2.22. The third kappa shape index (κ3) is 58.4. The Morgan fingerprint density at radius 3 is 1.06 bits per heavy atom. The molecule has 2 atom stereocenters. The summed E-state index contributed by atoms with van der Waals surface area (Å²) in [5.74, 6) is -2.37. The number of nitrogens with zero attached hydrogens (tertiary/aromatic N) is 1. The van der Waals surface area contributed by atoms with E-state index in [-0.39, 0.29) is 32.7 Å². The average molecular weight is 1070 g/mol. The molecule has 77 heavy (non-hydrogen) atoms. The quantitative estimate of drug-likeness (QED) is 0.0195. The molecule has 0 spiro atoms. The molecule has 0 aromatic heterocycles. The van der Waals surface area contributed by atoms with Crippen molar-refractivity contribution < 1.29 is 42.9 Å². The van der Waals surface area contributed by atoms with Crippen LogP contribution in [0.5, 0.6) is 0 Å². The number of carboxylic acids is 1. The Labute approximate surface area is 470 Å². The van der Waals surface area contributed by atoms with Crippen LogP contribution >= 0.6 is 0 Å². The van der Waals surface area contributed by atoms with Crippen LogP contribution in [0.25, 0.3) is 0 Å². The molecule has 0 saturated heterocycles. The van der Waals surface area contributed by atoms with Crippen LogP contribution in [0.2, 0.25) is 0 Å². The van der Waals surface area contributed by atoms with Gasteiger partial charge >= 0.3 is 11.9 Å². The normalized spacial score (nSPS) is 13.9. The van der Waals surface area contributed by atoms with Crippen molar-refractivity contribution in [2.75, 3.05) is 47.5 Å². The van der Waals surface area contributed by atoms with E-state index in [1.807, 2.05) is 21.1 Å². The van der Waals surface area contributed by atoms with Crippen LogP contribution in [0.15, 0.2) is 158 Å². The van der Waals surface area contributed by atoms with E-state index >= 15 is 0 Å². The summed E-state index contributed by atoms with van der Waals surface area (Å²) in [6.07, 6.45) is 81.6. The van der Waals surface area contributed by atoms with Gasteiger partial charge in [-0.15, -0.1) is 0 Å². The van der Waals surface area contributed by atoms with E-state index in [1.54, 1.807) is 0 Å². The molecule has 0 bridgehead atoms. The zero-order chi connectivity index (χ0) is 56.2. The van der Waals surface area contributed by atoms with Crippen molar-refractivity contribution in [3.63, 3.8) is 0 Å². The lowest BCUT2D eigenvalue weighted by Crippen LogP contribution is -2.44. The predicted molar refractivity (Wildman–Crippen MR) is 324 cm³/mol. The summed E-state index contributed by atoms with van der Waals surface area (Å²) in [6, 6.07) is 0. The number of carbonyl (C=O) groups excluding carboxylic acids is 3. The monoisotopic (exact) mass is 1070 g/mol. The van der Waals surface area contributed by atoms with Crippen molar-refractivity contribution in [3.8, 4) is 0 Å². The Hall–Kier alpha value is -5.09. The van der Waals surface area contributed by atoms with Gasteiger partial charge < -0.3 is 33.3 Å². The highest BCUT2D eigenvalue weighted by Crippen LogP contribution is 2.14. The van der Waals surface area contributed by atoms with E-state index in [0.29, 0.717) is 23.9 Å². The Bertz CT molecular complexity index is 1810. The van der Waals surface area contributed by atoms with Gasteiger partial charge in [0.25, 0.3) is 0 Å². The van der Waals surface area contributed by atoms with E-state index in [4.69, 9.17) is 18.9 Å². The van der Waals surface area contributed by atoms with Gasteiger partial charge in [0, 0.05) is 12.8 Å². The van der Waals surface area contributed by atoms with Gasteiger partial charge in [0.05, 0.1) is 40.3 Å². The molecule has 432 valence electrons. The van der Waals surface area contributed by atoms with Gasteiger partial charge in [-0.3, -0.25) is 9.59 Å². The maximum Gasteiger partial charge on any atom is 0.306 e. The molecule has 0 amide bonds. The van der Waals surface area contributed by atoms with Crippen LogP contribution in [0.1, 0.15) is 194 Å². The predicted octanol–water partition coefficient (Wildman–Crippen LogP) is 16.4. The van der Waals surface area contributed by atoms with Crippen molar-refractivity contribution >= 4 is 17.9 Å². The fourth-order valence-electron chi connectivity index (χ4n) is 7.28. The maximum absolute atomic E-state index is 12.9. The summed E-state index contributed by atoms with van der Waals surface area (Å²) in [5, 5.41) is 11.8. The second-order valence-corrected chi connectivity index (χ2v) is 20.2. The second kappa shape index (κ2) is 57.1. The summed E-state index contributed by atoms with van der Waals surface area (Å²) in [7, 11) is 5.89. The Morgan fingerprint density at radius 2 is 0.701 bits per heavy atom. The lowest BCUT2D eigenvalue weighted by atomic mass is 10.1. The smallest absolute Gasteiger partial charge is 0.306 e. The molecule has 0 N–H and O–H groups in total. The van der Waals surface area contributed by atoms with Crippen molar-refractivity contribution in [1.29, 1.82) is 0 Å². The standard InChI is InChI=1S/C68H107NO8/c1-6-8-10-12-14-16-18-20-22-23-24-25-26-27-28-29-30-31-32-33-34-35-36-37-38-39-40-41-42-43-45-47-49-51-53-55-57-59-66(71)77-64(63-76-68(67(72)73)74-61-60-69(3,4)5)62-75-65(70)58-56-54-52-50-48-46-44-21-19-17-15-13-11-9-7-2/h8-11,14-17,20-22,24-25,27-28,30-31,33-34,36-37,39-40,44,48,50,64,68H,6-7,12-13,18-19,23,26,29,32,35,38,41-43,45-47,49,51-63H2,1-5H3/b10-8-,11-9-,16-14-,17-15-,22-20-,25-24-,28-27-,31-30-,34-33-,37-36-,40-39-,44-21-,50-48-. The first-order valence-corrected chi connectivity index (χ1v) is 29.6. The fraction of sp³-hybridized carbons (Fsp3) is 0.574. The number of esters is 2. The van der Waals surface area contributed by atoms with Crippen LogP contribution in [0.3, 0.4) is 0 Å². The number of rotatable bonds is 52. The van der Waals surface area contributed by atoms with Crippen LogP contribution < -0.4 is 5.11 Å². The minimum Gasteiger partial charge on any atom is -0.545 e. The lowest BCUT2D eigenvalue weighted by molar-refractivity contribution is -0.870. The van der Waals surface area contributed by atoms with Gasteiger partial charge in [-0.25, -0.2) is 0 Å². The van der Waals surface area contributed by atoms with E-state index in [9.17, 15) is 19.5 Å². The van der Waals surface area contributed by atoms with Gasteiger partial charge in [0.2, 0.25) is 0 Å². The topological polar surface area (TPSA) is 111 Å². The zero-order valence-electron chi connectivity index (χ0n) is 49.0. The van der Waals surface area contributed by atoms with E-state index < -0.39 is 30.3 Å². The summed E-state index contributed by atoms with van der Waals surface area (Å²) in [5.41, 5.74) is 0. The van der Waals surface area contributed by atoms with Crippen LogP contribution in [-0.2, 0) is 33.3 Å². The number of allylic oxidation sites excluding steroid dienone is 26. The molecule has 0 heterocycles. The van der Waals surface area contributed by atoms with Gasteiger partial charge in [-0.1, -0.05) is 217 Å². The van der Waals surface area contributed by atoms with Gasteiger partial charge in [-0.05, 0) is 122 Å². The third-order valence-corrected chi connectivity index (χ3v) is 11.8. The Morgan fingerprint density at radius 1 is 0.390 bits per heavy atom. The van der Waals surface area contributed by atoms with E-state index in [2.05, 4.69) is 172 Å². The molecule has 0 aromatic carbocycles. The van der Waals surface area contributed by atoms with Gasteiger partial charge in [0.15, 0.2) is 12.4 Å². The summed E-state index contributed by atoms with van der Waals surface area (Å²) in [6.45, 7) is 4.43. The number of carbonyl (C=O) groups is 3. The second-order valence-electron chi connectivity index (χ2n) is 20.2. The van der Waals surface area contributed by atoms with E-state index in [1.165, 1.54) is 32.1 Å². The van der Waals surface area contributed by atoms with E-state index in [0.717, 1.165) is 122 Å². The molecule has 9 heteroatoms. The minimum absolute atomic E-state index is 0.131. The van der Waals surface area contributed by atoms with Crippen LogP contribution in [0, 0.1) is 0 Å². The van der Waals surface area contributed by atoms with Gasteiger partial charge in [-0.2, -0.15) is 0 Å². The molecule has 9 nitrogen and oxygen atoms in total. The molecular weight excluding hydrogens is 959 g/mol. The zero-order valence-corrected chi connectivity index (χ0v) is 49.0. The molecular formula is C68H107NO8. The SMILES string of the molecule is CC/C=C\C/C=C\C/C=C\C/C=C\C/C=C\C/C=C\C/C=C\C/C=C\C/C=C\CCCCCCCCCCCC(=O)OC(COC(=O)CCCC/C=C\C/C=C\C/C=C\C/C=C\CC)COC(OCC[N+](C)(C)C)C(=O)[O-]. The lowest BCUT2D eigenvalue weighted by Gasteiger charge is -2.26. The summed E-state index contributed by atoms with van der Waals surface area (Å²) in [4.78, 5) is 37.2. The number of hydrogen-bond donors (Lipinski definition) is 0. The molecule has 0 aromatic rings.